The van der Waals surface area contributed by atoms with Crippen LogP contribution >= 0.6 is 11.6 Å². The van der Waals surface area contributed by atoms with Gasteiger partial charge in [0.15, 0.2) is 0 Å². The number of amides is 1. The number of carboxylic acid groups (broad SMARTS) is 1. The number of carbonyl (C=O) groups is 2. The van der Waals surface area contributed by atoms with Crippen LogP contribution in [0.25, 0.3) is 0 Å². The van der Waals surface area contributed by atoms with Gasteiger partial charge in [0.1, 0.15) is 6.54 Å². The Hall–Kier alpha value is -2.03. The minimum absolute atomic E-state index is 0.0372. The molecule has 1 unspecified atom stereocenters. The number of carbonyl (C=O) groups excluding carboxylic acids is 1. The molecule has 0 spiro atoms. The first kappa shape index (κ1) is 15.0. The van der Waals surface area contributed by atoms with E-state index in [0.717, 1.165) is 4.90 Å². The average Bonchev–Trinajstić information content (AvgIpc) is 2.35. The van der Waals surface area contributed by atoms with Crippen molar-refractivity contribution < 1.29 is 14.7 Å². The van der Waals surface area contributed by atoms with Gasteiger partial charge >= 0.3 is 5.97 Å². The fraction of sp³-hybridized carbons (Fsp3) is 0.231. The van der Waals surface area contributed by atoms with Gasteiger partial charge in [-0.2, -0.15) is 0 Å². The lowest BCUT2D eigenvalue weighted by Gasteiger charge is -2.23. The number of anilines is 1. The van der Waals surface area contributed by atoms with Gasteiger partial charge in [-0.3, -0.25) is 14.5 Å². The van der Waals surface area contributed by atoms with Crippen LogP contribution in [0, 0.1) is 12.3 Å². The van der Waals surface area contributed by atoms with Gasteiger partial charge < -0.3 is 10.8 Å². The summed E-state index contributed by atoms with van der Waals surface area (Å²) in [6.45, 7) is -0.503. The molecule has 0 aromatic heterocycles. The second kappa shape index (κ2) is 6.78. The maximum Gasteiger partial charge on any atom is 0.323 e. The lowest BCUT2D eigenvalue weighted by atomic mass is 10.1. The Morgan fingerprint density at radius 3 is 2.74 bits per heavy atom. The van der Waals surface area contributed by atoms with E-state index in [-0.39, 0.29) is 6.42 Å². The van der Waals surface area contributed by atoms with Crippen molar-refractivity contribution in [2.45, 2.75) is 12.5 Å². The third-order valence-electron chi connectivity index (χ3n) is 2.33. The van der Waals surface area contributed by atoms with Crippen LogP contribution in [0.1, 0.15) is 6.42 Å². The van der Waals surface area contributed by atoms with Gasteiger partial charge in [0.25, 0.3) is 0 Å². The van der Waals surface area contributed by atoms with Crippen LogP contribution in [0.3, 0.4) is 0 Å². The fourth-order valence-electron chi connectivity index (χ4n) is 1.49. The van der Waals surface area contributed by atoms with E-state index in [0.29, 0.717) is 10.7 Å². The van der Waals surface area contributed by atoms with E-state index in [9.17, 15) is 9.59 Å². The minimum atomic E-state index is -1.15. The zero-order valence-corrected chi connectivity index (χ0v) is 10.8. The predicted octanol–water partition coefficient (Wildman–Crippen LogP) is 1.11. The predicted molar refractivity (Wildman–Crippen MR) is 72.9 cm³/mol. The van der Waals surface area contributed by atoms with Crippen molar-refractivity contribution >= 4 is 29.2 Å². The van der Waals surface area contributed by atoms with Crippen LogP contribution in [0.4, 0.5) is 5.69 Å². The van der Waals surface area contributed by atoms with Crippen LogP contribution in [-0.2, 0) is 9.59 Å². The van der Waals surface area contributed by atoms with Gasteiger partial charge in [0, 0.05) is 17.1 Å². The molecule has 1 rings (SSSR count). The summed E-state index contributed by atoms with van der Waals surface area (Å²) in [5.41, 5.74) is 5.99. The molecule has 6 heteroatoms. The summed E-state index contributed by atoms with van der Waals surface area (Å²) < 4.78 is 0. The van der Waals surface area contributed by atoms with Gasteiger partial charge in [-0.15, -0.1) is 12.3 Å². The number of aliphatic carboxylic acids is 1. The molecular formula is C13H13ClN2O3. The number of hydrogen-bond donors (Lipinski definition) is 2. The fourth-order valence-corrected chi connectivity index (χ4v) is 1.67. The lowest BCUT2D eigenvalue weighted by molar-refractivity contribution is -0.136. The molecule has 0 heterocycles. The highest BCUT2D eigenvalue weighted by molar-refractivity contribution is 6.31. The molecule has 100 valence electrons. The van der Waals surface area contributed by atoms with Crippen molar-refractivity contribution in [1.29, 1.82) is 0 Å². The van der Waals surface area contributed by atoms with Gasteiger partial charge in [0.05, 0.1) is 6.04 Å². The first-order chi connectivity index (χ1) is 8.95. The number of nitrogens with two attached hydrogens (primary N) is 1. The van der Waals surface area contributed by atoms with Crippen molar-refractivity contribution in [3.8, 4) is 12.3 Å². The first-order valence-electron chi connectivity index (χ1n) is 5.43. The second-order valence-electron chi connectivity index (χ2n) is 3.81. The molecule has 1 aromatic rings. The van der Waals surface area contributed by atoms with Crippen molar-refractivity contribution in [1.82, 2.24) is 0 Å². The van der Waals surface area contributed by atoms with Crippen LogP contribution in [-0.4, -0.2) is 29.6 Å². The standard InChI is InChI=1S/C13H13ClN2O3/c1-2-4-11(15)13(19)16(8-12(17)18)10-6-3-5-9(14)7-10/h1,3,5-7,11H,4,8,15H2,(H,17,18). The minimum Gasteiger partial charge on any atom is -0.480 e. The summed E-state index contributed by atoms with van der Waals surface area (Å²) >= 11 is 5.82. The normalized spacial score (nSPS) is 11.4. The van der Waals surface area contributed by atoms with E-state index >= 15 is 0 Å². The molecule has 0 radical (unpaired) electrons. The molecule has 1 amide bonds. The molecule has 5 nitrogen and oxygen atoms in total. The van der Waals surface area contributed by atoms with Crippen LogP contribution in [0.5, 0.6) is 0 Å². The van der Waals surface area contributed by atoms with Crippen LogP contribution in [0.2, 0.25) is 5.02 Å². The molecule has 0 saturated heterocycles. The van der Waals surface area contributed by atoms with E-state index in [1.54, 1.807) is 18.2 Å². The van der Waals surface area contributed by atoms with E-state index in [1.165, 1.54) is 6.07 Å². The van der Waals surface area contributed by atoms with Crippen molar-refractivity contribution in [2.75, 3.05) is 11.4 Å². The van der Waals surface area contributed by atoms with Crippen molar-refractivity contribution in [2.24, 2.45) is 5.73 Å². The molecule has 0 bridgehead atoms. The van der Waals surface area contributed by atoms with Crippen LogP contribution in [0.15, 0.2) is 24.3 Å². The van der Waals surface area contributed by atoms with E-state index in [4.69, 9.17) is 28.9 Å². The Balaban J connectivity index is 3.05. The van der Waals surface area contributed by atoms with Gasteiger partial charge in [-0.05, 0) is 18.2 Å². The number of terminal acetylenes is 1. The quantitative estimate of drug-likeness (QED) is 0.792. The number of rotatable bonds is 5. The summed E-state index contributed by atoms with van der Waals surface area (Å²) in [7, 11) is 0. The van der Waals surface area contributed by atoms with Gasteiger partial charge in [-0.25, -0.2) is 0 Å². The summed E-state index contributed by atoms with van der Waals surface area (Å²) in [5.74, 6) is 0.569. The second-order valence-corrected chi connectivity index (χ2v) is 4.25. The number of nitrogens with zero attached hydrogens (tertiary/aromatic N) is 1. The third-order valence-corrected chi connectivity index (χ3v) is 2.57. The number of halogens is 1. The molecule has 1 aromatic carbocycles. The monoisotopic (exact) mass is 280 g/mol. The highest BCUT2D eigenvalue weighted by Gasteiger charge is 2.24. The first-order valence-corrected chi connectivity index (χ1v) is 5.81. The smallest absolute Gasteiger partial charge is 0.323 e. The maximum absolute atomic E-state index is 12.1. The van der Waals surface area contributed by atoms with Gasteiger partial charge in [-0.1, -0.05) is 17.7 Å². The Morgan fingerprint density at radius 1 is 1.53 bits per heavy atom. The Bertz CT molecular complexity index is 525. The summed E-state index contributed by atoms with van der Waals surface area (Å²) in [6, 6.07) is 5.37. The topological polar surface area (TPSA) is 83.6 Å². The molecule has 1 atom stereocenters. The summed E-state index contributed by atoms with van der Waals surface area (Å²) in [4.78, 5) is 24.0. The van der Waals surface area contributed by atoms with Crippen LogP contribution < -0.4 is 10.6 Å². The molecule has 3 N–H and O–H groups in total. The third kappa shape index (κ3) is 4.28. The maximum atomic E-state index is 12.1. The van der Waals surface area contributed by atoms with E-state index < -0.39 is 24.5 Å². The van der Waals surface area contributed by atoms with E-state index in [1.807, 2.05) is 0 Å². The SMILES string of the molecule is C#CCC(N)C(=O)N(CC(=O)O)c1cccc(Cl)c1. The highest BCUT2D eigenvalue weighted by atomic mass is 35.5. The van der Waals surface area contributed by atoms with Crippen molar-refractivity contribution in [3.05, 3.63) is 29.3 Å². The zero-order valence-electron chi connectivity index (χ0n) is 10.0. The molecule has 0 aliphatic heterocycles. The largest absolute Gasteiger partial charge is 0.480 e. The molecule has 0 saturated carbocycles. The Labute approximate surface area is 116 Å². The molecule has 0 aliphatic carbocycles. The molecular weight excluding hydrogens is 268 g/mol. The van der Waals surface area contributed by atoms with Crippen molar-refractivity contribution in [3.63, 3.8) is 0 Å². The average molecular weight is 281 g/mol. The molecule has 0 aliphatic rings. The summed E-state index contributed by atoms with van der Waals surface area (Å²) in [5, 5.41) is 9.26. The van der Waals surface area contributed by atoms with Gasteiger partial charge in [0.2, 0.25) is 5.91 Å². The zero-order chi connectivity index (χ0) is 14.4. The highest BCUT2D eigenvalue weighted by Crippen LogP contribution is 2.20. The summed E-state index contributed by atoms with van der Waals surface area (Å²) in [6.07, 6.45) is 5.13. The number of benzene rings is 1. The lowest BCUT2D eigenvalue weighted by Crippen LogP contribution is -2.46. The Kier molecular flexibility index (Phi) is 5.37. The molecule has 19 heavy (non-hydrogen) atoms. The molecule has 0 fully saturated rings. The number of carboxylic acids is 1. The Morgan fingerprint density at radius 2 is 2.21 bits per heavy atom. The van der Waals surface area contributed by atoms with E-state index in [2.05, 4.69) is 5.92 Å². The number of hydrogen-bond acceptors (Lipinski definition) is 3.